The van der Waals surface area contributed by atoms with Gasteiger partial charge in [-0.15, -0.1) is 0 Å². The lowest BCUT2D eigenvalue weighted by Gasteiger charge is -2.12. The van der Waals surface area contributed by atoms with Gasteiger partial charge in [0.2, 0.25) is 0 Å². The van der Waals surface area contributed by atoms with Gasteiger partial charge in [0.1, 0.15) is 0 Å². The molecule has 3 atom stereocenters. The van der Waals surface area contributed by atoms with Crippen LogP contribution < -0.4 is 0 Å². The minimum Gasteiger partial charge on any atom is -0.478 e. The molecule has 2 rings (SSSR count). The van der Waals surface area contributed by atoms with E-state index in [4.69, 9.17) is 9.84 Å². The van der Waals surface area contributed by atoms with Crippen molar-refractivity contribution in [3.63, 3.8) is 0 Å². The smallest absolute Gasteiger partial charge is 0.327 e. The van der Waals surface area contributed by atoms with Crippen molar-refractivity contribution in [3.8, 4) is 0 Å². The van der Waals surface area contributed by atoms with Crippen LogP contribution in [0.3, 0.4) is 0 Å². The first kappa shape index (κ1) is 7.80. The van der Waals surface area contributed by atoms with Crippen LogP contribution >= 0.6 is 0 Å². The SMILES string of the molecule is O=C(O)C=CC1CCCC2OC12. The lowest BCUT2D eigenvalue weighted by molar-refractivity contribution is -0.131. The van der Waals surface area contributed by atoms with Crippen molar-refractivity contribution >= 4 is 5.97 Å². The van der Waals surface area contributed by atoms with Crippen molar-refractivity contribution in [3.05, 3.63) is 12.2 Å². The predicted molar refractivity (Wildman–Crippen MR) is 42.8 cm³/mol. The number of rotatable bonds is 2. The molecular formula is C9H12O3. The summed E-state index contributed by atoms with van der Waals surface area (Å²) in [6, 6.07) is 0. The third-order valence-electron chi connectivity index (χ3n) is 2.56. The molecule has 0 bridgehead atoms. The molecule has 1 aliphatic heterocycles. The fourth-order valence-electron chi connectivity index (χ4n) is 1.90. The minimum atomic E-state index is -0.863. The molecule has 0 amide bonds. The molecule has 12 heavy (non-hydrogen) atoms. The van der Waals surface area contributed by atoms with E-state index < -0.39 is 5.97 Å². The third kappa shape index (κ3) is 1.50. The maximum atomic E-state index is 10.2. The molecular weight excluding hydrogens is 156 g/mol. The standard InChI is InChI=1S/C9H12O3/c10-8(11)5-4-6-2-1-3-7-9(6)12-7/h4-7,9H,1-3H2,(H,10,11). The van der Waals surface area contributed by atoms with Crippen LogP contribution in [0.25, 0.3) is 0 Å². The Morgan fingerprint density at radius 2 is 2.33 bits per heavy atom. The summed E-state index contributed by atoms with van der Waals surface area (Å²) in [4.78, 5) is 10.2. The van der Waals surface area contributed by atoms with Crippen LogP contribution in [0.1, 0.15) is 19.3 Å². The zero-order valence-electron chi connectivity index (χ0n) is 6.77. The minimum absolute atomic E-state index is 0.328. The lowest BCUT2D eigenvalue weighted by atomic mass is 9.89. The molecule has 2 fully saturated rings. The molecule has 1 aliphatic carbocycles. The van der Waals surface area contributed by atoms with Crippen molar-refractivity contribution in [1.82, 2.24) is 0 Å². The van der Waals surface area contributed by atoms with Crippen LogP contribution in [0.5, 0.6) is 0 Å². The fraction of sp³-hybridized carbons (Fsp3) is 0.667. The number of aliphatic carboxylic acids is 1. The second-order valence-corrected chi connectivity index (χ2v) is 3.43. The Morgan fingerprint density at radius 1 is 1.50 bits per heavy atom. The first-order valence-electron chi connectivity index (χ1n) is 4.34. The quantitative estimate of drug-likeness (QED) is 0.497. The topological polar surface area (TPSA) is 49.8 Å². The highest BCUT2D eigenvalue weighted by atomic mass is 16.6. The summed E-state index contributed by atoms with van der Waals surface area (Å²) in [5, 5.41) is 8.42. The molecule has 3 unspecified atom stereocenters. The molecule has 1 N–H and O–H groups in total. The van der Waals surface area contributed by atoms with Crippen LogP contribution in [0.2, 0.25) is 0 Å². The van der Waals surface area contributed by atoms with E-state index in [2.05, 4.69) is 0 Å². The van der Waals surface area contributed by atoms with Crippen LogP contribution in [0.15, 0.2) is 12.2 Å². The van der Waals surface area contributed by atoms with E-state index >= 15 is 0 Å². The molecule has 0 spiro atoms. The van der Waals surface area contributed by atoms with Gasteiger partial charge in [-0.3, -0.25) is 0 Å². The Morgan fingerprint density at radius 3 is 3.08 bits per heavy atom. The van der Waals surface area contributed by atoms with E-state index in [0.717, 1.165) is 19.3 Å². The Balaban J connectivity index is 1.91. The fourth-order valence-corrected chi connectivity index (χ4v) is 1.90. The van der Waals surface area contributed by atoms with Gasteiger partial charge in [-0.05, 0) is 12.8 Å². The normalized spacial score (nSPS) is 39.5. The summed E-state index contributed by atoms with van der Waals surface area (Å²) in [6.45, 7) is 0. The van der Waals surface area contributed by atoms with Crippen molar-refractivity contribution in [2.45, 2.75) is 31.5 Å². The van der Waals surface area contributed by atoms with Crippen molar-refractivity contribution in [2.75, 3.05) is 0 Å². The second-order valence-electron chi connectivity index (χ2n) is 3.43. The number of carbonyl (C=O) groups is 1. The molecule has 1 saturated carbocycles. The molecule has 2 aliphatic rings. The number of ether oxygens (including phenoxy) is 1. The van der Waals surface area contributed by atoms with E-state index in [9.17, 15) is 4.79 Å². The van der Waals surface area contributed by atoms with Gasteiger partial charge < -0.3 is 9.84 Å². The van der Waals surface area contributed by atoms with Gasteiger partial charge in [-0.1, -0.05) is 12.5 Å². The number of hydrogen-bond acceptors (Lipinski definition) is 2. The van der Waals surface area contributed by atoms with E-state index in [-0.39, 0.29) is 0 Å². The number of epoxide rings is 1. The molecule has 0 aromatic heterocycles. The molecule has 0 radical (unpaired) electrons. The Kier molecular flexibility index (Phi) is 1.89. The molecule has 0 aromatic carbocycles. The Hall–Kier alpha value is -0.830. The molecule has 0 aromatic rings. The zero-order chi connectivity index (χ0) is 8.55. The van der Waals surface area contributed by atoms with Gasteiger partial charge in [-0.2, -0.15) is 0 Å². The van der Waals surface area contributed by atoms with Crippen LogP contribution in [0, 0.1) is 5.92 Å². The molecule has 1 heterocycles. The van der Waals surface area contributed by atoms with Crippen LogP contribution in [-0.4, -0.2) is 23.3 Å². The predicted octanol–water partition coefficient (Wildman–Crippen LogP) is 1.19. The summed E-state index contributed by atoms with van der Waals surface area (Å²) in [5.74, 6) is -0.516. The van der Waals surface area contributed by atoms with Gasteiger partial charge in [0, 0.05) is 12.0 Å². The summed E-state index contributed by atoms with van der Waals surface area (Å²) in [6.07, 6.45) is 7.15. The lowest BCUT2D eigenvalue weighted by Crippen LogP contribution is -2.14. The average Bonchev–Trinajstić information content (AvgIpc) is 2.78. The summed E-state index contributed by atoms with van der Waals surface area (Å²) in [7, 11) is 0. The first-order chi connectivity index (χ1) is 5.77. The van der Waals surface area contributed by atoms with Crippen molar-refractivity contribution < 1.29 is 14.6 Å². The Bertz CT molecular complexity index is 222. The summed E-state index contributed by atoms with van der Waals surface area (Å²) >= 11 is 0. The van der Waals surface area contributed by atoms with E-state index in [1.165, 1.54) is 6.08 Å². The largest absolute Gasteiger partial charge is 0.478 e. The number of carboxylic acid groups (broad SMARTS) is 1. The van der Waals surface area contributed by atoms with Crippen molar-refractivity contribution in [2.24, 2.45) is 5.92 Å². The zero-order valence-corrected chi connectivity index (χ0v) is 6.77. The average molecular weight is 168 g/mol. The maximum absolute atomic E-state index is 10.2. The Labute approximate surface area is 71.0 Å². The second kappa shape index (κ2) is 2.90. The monoisotopic (exact) mass is 168 g/mol. The van der Waals surface area contributed by atoms with Gasteiger partial charge in [0.05, 0.1) is 12.2 Å². The number of fused-ring (bicyclic) bond motifs is 1. The highest BCUT2D eigenvalue weighted by Gasteiger charge is 2.45. The van der Waals surface area contributed by atoms with E-state index in [0.29, 0.717) is 18.1 Å². The van der Waals surface area contributed by atoms with Gasteiger partial charge >= 0.3 is 5.97 Å². The van der Waals surface area contributed by atoms with Gasteiger partial charge in [-0.25, -0.2) is 4.79 Å². The number of carboxylic acids is 1. The van der Waals surface area contributed by atoms with Gasteiger partial charge in [0.15, 0.2) is 0 Å². The molecule has 1 saturated heterocycles. The molecule has 66 valence electrons. The number of hydrogen-bond donors (Lipinski definition) is 1. The van der Waals surface area contributed by atoms with E-state index in [1.54, 1.807) is 6.08 Å². The highest BCUT2D eigenvalue weighted by molar-refractivity contribution is 5.79. The van der Waals surface area contributed by atoms with Crippen LogP contribution in [0.4, 0.5) is 0 Å². The maximum Gasteiger partial charge on any atom is 0.327 e. The molecule has 3 nitrogen and oxygen atoms in total. The van der Waals surface area contributed by atoms with Crippen molar-refractivity contribution in [1.29, 1.82) is 0 Å². The van der Waals surface area contributed by atoms with Gasteiger partial charge in [0.25, 0.3) is 0 Å². The highest BCUT2D eigenvalue weighted by Crippen LogP contribution is 2.41. The first-order valence-corrected chi connectivity index (χ1v) is 4.34. The third-order valence-corrected chi connectivity index (χ3v) is 2.56. The summed E-state index contributed by atoms with van der Waals surface area (Å²) in [5.41, 5.74) is 0. The van der Waals surface area contributed by atoms with Crippen LogP contribution in [-0.2, 0) is 9.53 Å². The summed E-state index contributed by atoms with van der Waals surface area (Å²) < 4.78 is 5.38. The molecule has 3 heteroatoms. The van der Waals surface area contributed by atoms with E-state index in [1.807, 2.05) is 0 Å².